The maximum atomic E-state index is 4.66. The molecule has 2 rings (SSSR count). The molecule has 0 amide bonds. The van der Waals surface area contributed by atoms with Crippen molar-refractivity contribution in [1.82, 2.24) is 0 Å². The van der Waals surface area contributed by atoms with E-state index in [2.05, 4.69) is 42.6 Å². The first kappa shape index (κ1) is 17.9. The van der Waals surface area contributed by atoms with Crippen molar-refractivity contribution >= 4 is 0 Å². The Kier molecular flexibility index (Phi) is 9.18. The van der Waals surface area contributed by atoms with Gasteiger partial charge >= 0.3 is 17.1 Å². The first-order chi connectivity index (χ1) is 6.86. The minimum atomic E-state index is 0. The molecule has 2 radical (unpaired) electrons. The molecule has 2 aliphatic rings. The zero-order valence-electron chi connectivity index (χ0n) is 10.4. The van der Waals surface area contributed by atoms with Gasteiger partial charge in [0.2, 0.25) is 0 Å². The van der Waals surface area contributed by atoms with Gasteiger partial charge in [-0.3, -0.25) is 0 Å². The van der Waals surface area contributed by atoms with Gasteiger partial charge in [-0.15, -0.1) is 24.2 Å². The molecular weight excluding hydrogens is 499 g/mol. The van der Waals surface area contributed by atoms with Gasteiger partial charge in [0, 0.05) is 0 Å². The average molecular weight is 519 g/mol. The molecule has 0 spiro atoms. The minimum Gasteiger partial charge on any atom is -0.657 e. The van der Waals surface area contributed by atoms with Crippen molar-refractivity contribution in [3.8, 4) is 0 Å². The second-order valence-corrected chi connectivity index (χ2v) is 4.02. The van der Waals surface area contributed by atoms with Gasteiger partial charge in [0.05, 0.1) is 0 Å². The number of nitrogens with zero attached hydrogens (tertiary/aromatic N) is 1. The van der Waals surface area contributed by atoms with Crippen LogP contribution < -0.4 is 0 Å². The van der Waals surface area contributed by atoms with Crippen LogP contribution in [0, 0.1) is 13.3 Å². The summed E-state index contributed by atoms with van der Waals surface area (Å²) in [7, 11) is 0. The Labute approximate surface area is 111 Å². The minimum absolute atomic E-state index is 0. The van der Waals surface area contributed by atoms with Gasteiger partial charge in [-0.2, -0.15) is 30.2 Å². The van der Waals surface area contributed by atoms with Crippen molar-refractivity contribution < 1.29 is 17.1 Å². The second-order valence-electron chi connectivity index (χ2n) is 4.02. The summed E-state index contributed by atoms with van der Waals surface area (Å²) in [6.45, 7) is 3.17. The normalized spacial score (nSPS) is 22.5. The molecule has 0 aromatic rings. The SMILES string of the molecule is C[C-]1C=CC=C(C2CCCC[N-]2)C=C1.[CH3-].[Lr].[Mn+2]. The number of hydrogen-bond acceptors (Lipinski definition) is 0. The fourth-order valence-electron chi connectivity index (χ4n) is 1.93. The fraction of sp³-hybridized carbons (Fsp3) is 0.429. The Morgan fingerprint density at radius 2 is 2.06 bits per heavy atom. The summed E-state index contributed by atoms with van der Waals surface area (Å²) >= 11 is 0. The molecule has 1 atom stereocenters. The number of piperidine rings is 1. The van der Waals surface area contributed by atoms with E-state index in [1.165, 1.54) is 30.8 Å². The van der Waals surface area contributed by atoms with Crippen LogP contribution in [0.25, 0.3) is 5.32 Å². The zero-order valence-corrected chi connectivity index (χ0v) is 13.7. The standard InChI is InChI=1S/C13H17N.CH3.Lr.Mn/c1-11-5-4-6-12(9-8-11)13-7-2-3-10-14-13;;;/h4-6,8-9,13H,2-3,7,10H2,1H3;1H3;;/q-2;-1;;+2. The van der Waals surface area contributed by atoms with E-state index in [0.717, 1.165) is 6.54 Å². The third kappa shape index (κ3) is 4.95. The third-order valence-corrected chi connectivity index (χ3v) is 2.81. The van der Waals surface area contributed by atoms with Crippen LogP contribution in [0.15, 0.2) is 36.0 Å². The van der Waals surface area contributed by atoms with Gasteiger partial charge in [-0.25, -0.2) is 0 Å². The van der Waals surface area contributed by atoms with Crippen LogP contribution in [0.4, 0.5) is 0 Å². The molecule has 1 heterocycles. The van der Waals surface area contributed by atoms with E-state index in [1.54, 1.807) is 0 Å². The van der Waals surface area contributed by atoms with E-state index < -0.39 is 0 Å². The summed E-state index contributed by atoms with van der Waals surface area (Å²) in [6.07, 6.45) is 14.7. The Hall–Kier alpha value is -1.43. The van der Waals surface area contributed by atoms with E-state index in [-0.39, 0.29) is 24.5 Å². The van der Waals surface area contributed by atoms with Crippen LogP contribution >= 0.6 is 0 Å². The number of rotatable bonds is 1. The molecule has 1 unspecified atom stereocenters. The first-order valence-corrected chi connectivity index (χ1v) is 5.43. The Bertz CT molecular complexity index is 278. The van der Waals surface area contributed by atoms with Crippen molar-refractivity contribution in [3.05, 3.63) is 54.6 Å². The van der Waals surface area contributed by atoms with Gasteiger partial charge in [-0.1, -0.05) is 26.2 Å². The molecule has 1 aliphatic carbocycles. The van der Waals surface area contributed by atoms with Crippen LogP contribution in [0.3, 0.4) is 0 Å². The Morgan fingerprint density at radius 1 is 1.29 bits per heavy atom. The molecule has 1 nitrogen and oxygen atoms in total. The van der Waals surface area contributed by atoms with Crippen LogP contribution in [-0.4, -0.2) is 12.6 Å². The largest absolute Gasteiger partial charge is 2.00 e. The number of allylic oxidation sites excluding steroid dienone is 4. The van der Waals surface area contributed by atoms with Gasteiger partial charge in [0.1, 0.15) is 0 Å². The molecule has 0 aromatic carbocycles. The third-order valence-electron chi connectivity index (χ3n) is 2.81. The van der Waals surface area contributed by atoms with Crippen LogP contribution in [0.2, 0.25) is 0 Å². The monoisotopic (exact) mass is 519 g/mol. The number of hydrogen-bond donors (Lipinski definition) is 0. The molecule has 0 saturated carbocycles. The summed E-state index contributed by atoms with van der Waals surface area (Å²) in [5.74, 6) is 1.31. The molecule has 0 bridgehead atoms. The average Bonchev–Trinajstić information content (AvgIpc) is 2.44. The van der Waals surface area contributed by atoms with Crippen LogP contribution in [-0.2, 0) is 17.1 Å². The smallest absolute Gasteiger partial charge is 0.657 e. The first-order valence-electron chi connectivity index (χ1n) is 5.43. The summed E-state index contributed by atoms with van der Waals surface area (Å²) in [4.78, 5) is 0. The maximum Gasteiger partial charge on any atom is 2.00 e. The summed E-state index contributed by atoms with van der Waals surface area (Å²) < 4.78 is 0. The Morgan fingerprint density at radius 3 is 2.71 bits per heavy atom. The summed E-state index contributed by atoms with van der Waals surface area (Å²) in [5.41, 5.74) is 1.37. The van der Waals surface area contributed by atoms with Crippen molar-refractivity contribution in [2.24, 2.45) is 0 Å². The van der Waals surface area contributed by atoms with Crippen molar-refractivity contribution in [2.75, 3.05) is 6.54 Å². The van der Waals surface area contributed by atoms with E-state index in [4.69, 9.17) is 0 Å². The van der Waals surface area contributed by atoms with Gasteiger partial charge in [0.25, 0.3) is 0 Å². The van der Waals surface area contributed by atoms with E-state index in [1.807, 2.05) is 0 Å². The molecule has 1 aliphatic heterocycles. The molecule has 17 heavy (non-hydrogen) atoms. The molecule has 3 heteroatoms. The van der Waals surface area contributed by atoms with Gasteiger partial charge in [0.15, 0.2) is 0 Å². The van der Waals surface area contributed by atoms with Gasteiger partial charge < -0.3 is 12.7 Å². The fourth-order valence-corrected chi connectivity index (χ4v) is 1.93. The van der Waals surface area contributed by atoms with Crippen LogP contribution in [0.1, 0.15) is 26.2 Å². The molecule has 1 saturated heterocycles. The molecular formula is C14H20LrMnN-. The predicted octanol–water partition coefficient (Wildman–Crippen LogP) is 4.01. The molecule has 0 N–H and O–H groups in total. The van der Waals surface area contributed by atoms with E-state index in [0.29, 0.717) is 6.04 Å². The van der Waals surface area contributed by atoms with Crippen molar-refractivity contribution in [2.45, 2.75) is 32.2 Å². The quantitative estimate of drug-likeness (QED) is 0.368. The maximum absolute atomic E-state index is 4.66. The summed E-state index contributed by atoms with van der Waals surface area (Å²) in [6, 6.07) is 0.454. The van der Waals surface area contributed by atoms with Crippen molar-refractivity contribution in [3.63, 3.8) is 0 Å². The molecule has 104 valence electrons. The Balaban J connectivity index is 0. The van der Waals surface area contributed by atoms with E-state index in [9.17, 15) is 0 Å². The topological polar surface area (TPSA) is 14.1 Å². The predicted molar refractivity (Wildman–Crippen MR) is 67.6 cm³/mol. The molecule has 0 aromatic heterocycles. The second kappa shape index (κ2) is 8.69. The summed E-state index contributed by atoms with van der Waals surface area (Å²) in [5, 5.41) is 4.66. The molecule has 1 fully saturated rings. The van der Waals surface area contributed by atoms with Gasteiger partial charge in [-0.05, 0) is 0 Å². The van der Waals surface area contributed by atoms with Crippen molar-refractivity contribution in [1.29, 1.82) is 0 Å². The van der Waals surface area contributed by atoms with Crippen LogP contribution in [0.5, 0.6) is 0 Å². The zero-order chi connectivity index (χ0) is 9.80. The van der Waals surface area contributed by atoms with E-state index >= 15 is 0 Å².